The molecule has 7 heteroatoms. The van der Waals surface area contributed by atoms with Crippen molar-refractivity contribution in [2.45, 2.75) is 24.8 Å². The lowest BCUT2D eigenvalue weighted by Crippen LogP contribution is -2.49. The standard InChI is InChI=1S/C27H24N2O5/c30-25(31)15-29-24-12-6-1-7-17(24)13-14-23(26(29)32)28-27(33)34-16-22-20-10-4-2-8-18(20)19-9-3-5-11-21(19)22/h1-12,22-23H,13-16H2,(H,28,33)(H,30,31)/t23-/m0/s1. The Labute approximate surface area is 197 Å². The van der Waals surface area contributed by atoms with Crippen molar-refractivity contribution < 1.29 is 24.2 Å². The van der Waals surface area contributed by atoms with E-state index in [1.807, 2.05) is 48.5 Å². The third kappa shape index (κ3) is 4.01. The number of carbonyl (C=O) groups is 3. The van der Waals surface area contributed by atoms with Gasteiger partial charge in [0.05, 0.1) is 0 Å². The number of aliphatic carboxylic acids is 1. The summed E-state index contributed by atoms with van der Waals surface area (Å²) in [5, 5.41) is 12.0. The molecule has 1 aliphatic heterocycles. The lowest BCUT2D eigenvalue weighted by Gasteiger charge is -2.24. The van der Waals surface area contributed by atoms with Crippen LogP contribution < -0.4 is 10.2 Å². The van der Waals surface area contributed by atoms with E-state index in [1.165, 1.54) is 4.90 Å². The molecular formula is C27H24N2O5. The highest BCUT2D eigenvalue weighted by atomic mass is 16.5. The number of aryl methyl sites for hydroxylation is 1. The molecular weight excluding hydrogens is 432 g/mol. The Morgan fingerprint density at radius 3 is 2.24 bits per heavy atom. The summed E-state index contributed by atoms with van der Waals surface area (Å²) in [4.78, 5) is 38.5. The maximum atomic E-state index is 13.2. The van der Waals surface area contributed by atoms with Gasteiger partial charge in [0, 0.05) is 11.6 Å². The number of hydrogen-bond donors (Lipinski definition) is 2. The van der Waals surface area contributed by atoms with Gasteiger partial charge in [0.15, 0.2) is 0 Å². The monoisotopic (exact) mass is 456 g/mol. The van der Waals surface area contributed by atoms with E-state index < -0.39 is 30.6 Å². The van der Waals surface area contributed by atoms with Crippen molar-refractivity contribution in [2.24, 2.45) is 0 Å². The average Bonchev–Trinajstić information content (AvgIpc) is 3.10. The molecule has 0 radical (unpaired) electrons. The predicted octanol–water partition coefficient (Wildman–Crippen LogP) is 3.96. The lowest BCUT2D eigenvalue weighted by molar-refractivity contribution is -0.136. The second kappa shape index (κ2) is 9.02. The van der Waals surface area contributed by atoms with Gasteiger partial charge in [0.2, 0.25) is 5.91 Å². The van der Waals surface area contributed by atoms with Gasteiger partial charge in [-0.1, -0.05) is 66.7 Å². The van der Waals surface area contributed by atoms with Crippen LogP contribution in [0.25, 0.3) is 11.1 Å². The first-order chi connectivity index (χ1) is 16.5. The number of benzene rings is 3. The molecule has 0 bridgehead atoms. The summed E-state index contributed by atoms with van der Waals surface area (Å²) in [6, 6.07) is 22.5. The highest BCUT2D eigenvalue weighted by Crippen LogP contribution is 2.44. The Balaban J connectivity index is 1.30. The normalized spacial score (nSPS) is 16.8. The second-order valence-corrected chi connectivity index (χ2v) is 8.51. The van der Waals surface area contributed by atoms with Crippen LogP contribution in [0.5, 0.6) is 0 Å². The third-order valence-electron chi connectivity index (χ3n) is 6.48. The van der Waals surface area contributed by atoms with Crippen LogP contribution in [-0.2, 0) is 20.7 Å². The summed E-state index contributed by atoms with van der Waals surface area (Å²) in [5.74, 6) is -1.67. The Bertz CT molecular complexity index is 1230. The minimum absolute atomic E-state index is 0.0873. The van der Waals surface area contributed by atoms with Crippen LogP contribution in [0.15, 0.2) is 72.8 Å². The highest BCUT2D eigenvalue weighted by molar-refractivity contribution is 6.02. The van der Waals surface area contributed by atoms with E-state index in [0.29, 0.717) is 18.5 Å². The van der Waals surface area contributed by atoms with Gasteiger partial charge in [0.25, 0.3) is 0 Å². The molecule has 0 unspecified atom stereocenters. The zero-order chi connectivity index (χ0) is 23.7. The van der Waals surface area contributed by atoms with Gasteiger partial charge in [0.1, 0.15) is 19.2 Å². The molecule has 0 fully saturated rings. The summed E-state index contributed by atoms with van der Waals surface area (Å²) in [5.41, 5.74) is 5.90. The van der Waals surface area contributed by atoms with Crippen molar-refractivity contribution in [3.05, 3.63) is 89.5 Å². The molecule has 7 nitrogen and oxygen atoms in total. The molecule has 172 valence electrons. The van der Waals surface area contributed by atoms with Gasteiger partial charge < -0.3 is 15.2 Å². The zero-order valence-electron chi connectivity index (χ0n) is 18.4. The summed E-state index contributed by atoms with van der Waals surface area (Å²) in [6.07, 6.45) is 0.198. The van der Waals surface area contributed by atoms with E-state index in [4.69, 9.17) is 4.74 Å². The second-order valence-electron chi connectivity index (χ2n) is 8.51. The Morgan fingerprint density at radius 2 is 1.56 bits per heavy atom. The number of carbonyl (C=O) groups excluding carboxylic acids is 2. The van der Waals surface area contributed by atoms with Crippen molar-refractivity contribution in [3.8, 4) is 11.1 Å². The van der Waals surface area contributed by atoms with Gasteiger partial charge in [-0.25, -0.2) is 4.79 Å². The van der Waals surface area contributed by atoms with E-state index >= 15 is 0 Å². The maximum absolute atomic E-state index is 13.2. The molecule has 34 heavy (non-hydrogen) atoms. The summed E-state index contributed by atoms with van der Waals surface area (Å²) < 4.78 is 5.59. The molecule has 3 aromatic carbocycles. The fourth-order valence-corrected chi connectivity index (χ4v) is 4.93. The van der Waals surface area contributed by atoms with Gasteiger partial charge in [-0.05, 0) is 46.7 Å². The fourth-order valence-electron chi connectivity index (χ4n) is 4.93. The van der Waals surface area contributed by atoms with Crippen LogP contribution in [0.3, 0.4) is 0 Å². The van der Waals surface area contributed by atoms with Gasteiger partial charge in [-0.15, -0.1) is 0 Å². The largest absolute Gasteiger partial charge is 0.480 e. The molecule has 2 aliphatic rings. The first kappa shape index (κ1) is 21.7. The molecule has 3 aromatic rings. The molecule has 1 heterocycles. The Morgan fingerprint density at radius 1 is 0.941 bits per heavy atom. The van der Waals surface area contributed by atoms with Crippen LogP contribution in [-0.4, -0.2) is 42.3 Å². The smallest absolute Gasteiger partial charge is 0.407 e. The van der Waals surface area contributed by atoms with E-state index in [0.717, 1.165) is 27.8 Å². The van der Waals surface area contributed by atoms with Crippen molar-refractivity contribution in [3.63, 3.8) is 0 Å². The Kier molecular flexibility index (Phi) is 5.76. The number of amides is 2. The predicted molar refractivity (Wildman–Crippen MR) is 127 cm³/mol. The summed E-state index contributed by atoms with van der Waals surface area (Å²) in [7, 11) is 0. The molecule has 2 N–H and O–H groups in total. The maximum Gasteiger partial charge on any atom is 0.407 e. The average molecular weight is 456 g/mol. The molecule has 0 aromatic heterocycles. The molecule has 2 amide bonds. The van der Waals surface area contributed by atoms with Gasteiger partial charge in [-0.2, -0.15) is 0 Å². The number of alkyl carbamates (subject to hydrolysis) is 1. The number of nitrogens with zero attached hydrogens (tertiary/aromatic N) is 1. The number of anilines is 1. The molecule has 0 saturated heterocycles. The number of rotatable bonds is 5. The van der Waals surface area contributed by atoms with Crippen LogP contribution in [0.1, 0.15) is 29.0 Å². The number of carboxylic acids is 1. The fraction of sp³-hybridized carbons (Fsp3) is 0.222. The zero-order valence-corrected chi connectivity index (χ0v) is 18.4. The van der Waals surface area contributed by atoms with Crippen molar-refractivity contribution in [2.75, 3.05) is 18.1 Å². The van der Waals surface area contributed by atoms with E-state index in [9.17, 15) is 19.5 Å². The van der Waals surface area contributed by atoms with Crippen molar-refractivity contribution in [1.29, 1.82) is 0 Å². The van der Waals surface area contributed by atoms with Gasteiger partial charge >= 0.3 is 12.1 Å². The lowest BCUT2D eigenvalue weighted by atomic mass is 9.98. The summed E-state index contributed by atoms with van der Waals surface area (Å²) >= 11 is 0. The van der Waals surface area contributed by atoms with Crippen molar-refractivity contribution in [1.82, 2.24) is 5.32 Å². The number of ether oxygens (including phenoxy) is 1. The number of carboxylic acid groups (broad SMARTS) is 1. The van der Waals surface area contributed by atoms with E-state index in [2.05, 4.69) is 17.4 Å². The first-order valence-electron chi connectivity index (χ1n) is 11.3. The number of hydrogen-bond acceptors (Lipinski definition) is 4. The van der Waals surface area contributed by atoms with E-state index in [1.54, 1.807) is 12.1 Å². The first-order valence-corrected chi connectivity index (χ1v) is 11.3. The Hall–Kier alpha value is -4.13. The van der Waals surface area contributed by atoms with Crippen LogP contribution in [0.4, 0.5) is 10.5 Å². The molecule has 5 rings (SSSR count). The van der Waals surface area contributed by atoms with Crippen LogP contribution in [0, 0.1) is 0 Å². The number of fused-ring (bicyclic) bond motifs is 4. The minimum atomic E-state index is -1.12. The van der Waals surface area contributed by atoms with Crippen LogP contribution in [0.2, 0.25) is 0 Å². The number of para-hydroxylation sites is 1. The summed E-state index contributed by atoms with van der Waals surface area (Å²) in [6.45, 7) is -0.335. The van der Waals surface area contributed by atoms with Crippen molar-refractivity contribution >= 4 is 23.7 Å². The topological polar surface area (TPSA) is 95.9 Å². The quantitative estimate of drug-likeness (QED) is 0.606. The highest BCUT2D eigenvalue weighted by Gasteiger charge is 2.34. The number of nitrogens with one attached hydrogen (secondary N) is 1. The molecule has 0 spiro atoms. The third-order valence-corrected chi connectivity index (χ3v) is 6.48. The molecule has 1 atom stereocenters. The molecule has 1 aliphatic carbocycles. The molecule has 0 saturated carbocycles. The minimum Gasteiger partial charge on any atom is -0.480 e. The van der Waals surface area contributed by atoms with E-state index in [-0.39, 0.29) is 12.5 Å². The van der Waals surface area contributed by atoms with Gasteiger partial charge in [-0.3, -0.25) is 14.5 Å². The SMILES string of the molecule is O=C(O)CN1C(=O)[C@@H](NC(=O)OCC2c3ccccc3-c3ccccc32)CCc2ccccc21. The van der Waals surface area contributed by atoms with Crippen LogP contribution >= 0.6 is 0 Å².